The Morgan fingerprint density at radius 1 is 1.07 bits per heavy atom. The second-order valence-corrected chi connectivity index (χ2v) is 14.4. The molecule has 4 aliphatic rings. The lowest BCUT2D eigenvalue weighted by molar-refractivity contribution is -0.138. The number of methoxy groups -OCH3 is 1. The van der Waals surface area contributed by atoms with E-state index in [2.05, 4.69) is 54.5 Å². The second-order valence-electron chi connectivity index (χ2n) is 10.5. The molecule has 1 saturated carbocycles. The van der Waals surface area contributed by atoms with Crippen molar-refractivity contribution in [3.05, 3.63) is 61.7 Å². The number of carbonyl (C=O) groups excluding carboxylic acids is 4. The predicted molar refractivity (Wildman–Crippen MR) is 167 cm³/mol. The van der Waals surface area contributed by atoms with Gasteiger partial charge in [-0.1, -0.05) is 43.5 Å². The van der Waals surface area contributed by atoms with Crippen molar-refractivity contribution in [3.63, 3.8) is 0 Å². The van der Waals surface area contributed by atoms with E-state index >= 15 is 0 Å². The number of aromatic hydroxyl groups is 1. The van der Waals surface area contributed by atoms with Gasteiger partial charge < -0.3 is 9.84 Å². The van der Waals surface area contributed by atoms with E-state index in [0.717, 1.165) is 8.47 Å². The lowest BCUT2D eigenvalue weighted by atomic mass is 9.56. The molecule has 8 nitrogen and oxygen atoms in total. The zero-order valence-electron chi connectivity index (χ0n) is 21.2. The molecule has 3 fully saturated rings. The normalized spacial score (nSPS) is 32.6. The molecular weight excluding hydrogens is 818 g/mol. The summed E-state index contributed by atoms with van der Waals surface area (Å²) in [6, 6.07) is 10.2. The maximum absolute atomic E-state index is 14.1. The number of allylic oxidation sites excluding steroid dienone is 2. The zero-order chi connectivity index (χ0) is 29.6. The van der Waals surface area contributed by atoms with Crippen molar-refractivity contribution in [1.29, 1.82) is 0 Å². The monoisotopic (exact) mass is 836 g/mol. The maximum atomic E-state index is 14.1. The number of alkyl halides is 3. The van der Waals surface area contributed by atoms with Gasteiger partial charge in [0, 0.05) is 19.5 Å². The van der Waals surface area contributed by atoms with E-state index in [4.69, 9.17) is 27.9 Å². The van der Waals surface area contributed by atoms with Gasteiger partial charge in [0.25, 0.3) is 11.8 Å². The van der Waals surface area contributed by atoms with Crippen LogP contribution < -0.4 is 9.64 Å². The van der Waals surface area contributed by atoms with Gasteiger partial charge in [0.15, 0.2) is 21.2 Å². The molecule has 2 heterocycles. The molecule has 0 spiro atoms. The van der Waals surface area contributed by atoms with Crippen LogP contribution in [0.2, 0.25) is 0 Å². The quantitative estimate of drug-likeness (QED) is 0.140. The highest BCUT2D eigenvalue weighted by atomic mass is 127. The molecule has 2 aliphatic carbocycles. The third-order valence-corrected chi connectivity index (χ3v) is 11.8. The summed E-state index contributed by atoms with van der Waals surface area (Å²) < 4.78 is 6.86. The van der Waals surface area contributed by atoms with Crippen molar-refractivity contribution in [2.24, 2.45) is 17.8 Å². The molecule has 1 N–H and O–H groups in total. The van der Waals surface area contributed by atoms with Crippen LogP contribution in [0, 0.1) is 21.3 Å². The minimum absolute atomic E-state index is 0.123. The lowest BCUT2D eigenvalue weighted by Crippen LogP contribution is -2.60. The number of phenols is 1. The highest BCUT2D eigenvalue weighted by Gasteiger charge is 2.76. The van der Waals surface area contributed by atoms with Gasteiger partial charge in [-0.05, 0) is 77.7 Å². The van der Waals surface area contributed by atoms with Crippen LogP contribution in [0.4, 0.5) is 5.69 Å². The SMILES string of the molecule is COc1cc(Br)cc([C@H]2C3=CC[C@@H]4C(=O)N(c5ccc(I)cc5)C(=O)[C@@H]4[C@@H]3C[C@@]3(Cl)C(=O)N(CBr)C(=O)[C@@]23Cl)c1O. The molecule has 2 aromatic rings. The molecule has 2 aliphatic heterocycles. The number of ether oxygens (including phenoxy) is 1. The molecule has 4 amide bonds. The fourth-order valence-corrected chi connectivity index (χ4v) is 9.14. The Morgan fingerprint density at radius 3 is 2.39 bits per heavy atom. The Kier molecular flexibility index (Phi) is 7.32. The number of anilines is 1. The third-order valence-electron chi connectivity index (χ3n) is 8.70. The van der Waals surface area contributed by atoms with E-state index in [1.165, 1.54) is 12.0 Å². The topological polar surface area (TPSA) is 104 Å². The van der Waals surface area contributed by atoms with Gasteiger partial charge in [0.1, 0.15) is 0 Å². The number of nitrogens with zero attached hydrogens (tertiary/aromatic N) is 2. The highest BCUT2D eigenvalue weighted by Crippen LogP contribution is 2.66. The van der Waals surface area contributed by atoms with E-state index in [9.17, 15) is 24.3 Å². The molecule has 2 aromatic carbocycles. The van der Waals surface area contributed by atoms with E-state index in [1.807, 2.05) is 18.2 Å². The van der Waals surface area contributed by atoms with Gasteiger partial charge in [0.05, 0.1) is 30.1 Å². The Hall–Kier alpha value is -1.67. The van der Waals surface area contributed by atoms with E-state index < -0.39 is 51.1 Å². The van der Waals surface area contributed by atoms with Crippen LogP contribution >= 0.6 is 77.7 Å². The zero-order valence-corrected chi connectivity index (χ0v) is 28.1. The Bertz CT molecular complexity index is 1570. The fourth-order valence-electron chi connectivity index (χ4n) is 6.91. The van der Waals surface area contributed by atoms with Gasteiger partial charge in [0.2, 0.25) is 11.8 Å². The molecule has 6 atom stereocenters. The average molecular weight is 839 g/mol. The van der Waals surface area contributed by atoms with Gasteiger partial charge in [-0.15, -0.1) is 23.2 Å². The maximum Gasteiger partial charge on any atom is 0.254 e. The number of carbonyl (C=O) groups is 4. The van der Waals surface area contributed by atoms with Gasteiger partial charge >= 0.3 is 0 Å². The van der Waals surface area contributed by atoms with Crippen LogP contribution in [-0.4, -0.2) is 55.9 Å². The Labute approximate surface area is 275 Å². The van der Waals surface area contributed by atoms with Crippen LogP contribution in [0.25, 0.3) is 0 Å². The highest BCUT2D eigenvalue weighted by molar-refractivity contribution is 14.1. The smallest absolute Gasteiger partial charge is 0.254 e. The van der Waals surface area contributed by atoms with E-state index in [-0.39, 0.29) is 41.3 Å². The predicted octanol–water partition coefficient (Wildman–Crippen LogP) is 5.68. The summed E-state index contributed by atoms with van der Waals surface area (Å²) in [5.74, 6) is -5.61. The van der Waals surface area contributed by atoms with Crippen LogP contribution in [-0.2, 0) is 19.2 Å². The number of amides is 4. The second kappa shape index (κ2) is 10.2. The summed E-state index contributed by atoms with van der Waals surface area (Å²) in [5, 5.41) is 11.3. The number of fused-ring (bicyclic) bond motifs is 4. The first kappa shape index (κ1) is 29.4. The Morgan fingerprint density at radius 2 is 1.76 bits per heavy atom. The largest absolute Gasteiger partial charge is 0.504 e. The van der Waals surface area contributed by atoms with Crippen LogP contribution in [0.5, 0.6) is 11.5 Å². The van der Waals surface area contributed by atoms with E-state index in [1.54, 1.807) is 24.3 Å². The molecule has 41 heavy (non-hydrogen) atoms. The number of halogens is 5. The number of hydrogen-bond donors (Lipinski definition) is 1. The summed E-state index contributed by atoms with van der Waals surface area (Å²) in [6.07, 6.45) is 1.90. The molecule has 13 heteroatoms. The summed E-state index contributed by atoms with van der Waals surface area (Å²) >= 11 is 23.3. The molecule has 0 radical (unpaired) electrons. The molecule has 0 unspecified atom stereocenters. The first-order chi connectivity index (χ1) is 19.4. The minimum Gasteiger partial charge on any atom is -0.504 e. The summed E-state index contributed by atoms with van der Waals surface area (Å²) in [5.41, 5.74) is 1.12. The van der Waals surface area contributed by atoms with E-state index in [0.29, 0.717) is 15.7 Å². The van der Waals surface area contributed by atoms with Crippen LogP contribution in [0.15, 0.2) is 52.5 Å². The third kappa shape index (κ3) is 3.94. The van der Waals surface area contributed by atoms with Crippen molar-refractivity contribution < 1.29 is 29.0 Å². The van der Waals surface area contributed by atoms with Gasteiger partial charge in [-0.2, -0.15) is 0 Å². The molecule has 214 valence electrons. The van der Waals surface area contributed by atoms with Gasteiger partial charge in [-0.25, -0.2) is 0 Å². The molecule has 0 bridgehead atoms. The minimum atomic E-state index is -2.03. The van der Waals surface area contributed by atoms with Crippen molar-refractivity contribution in [2.75, 3.05) is 17.5 Å². The Balaban J connectivity index is 1.55. The lowest BCUT2D eigenvalue weighted by Gasteiger charge is -2.50. The first-order valence-corrected chi connectivity index (χ1v) is 16.4. The molecule has 0 aromatic heterocycles. The van der Waals surface area contributed by atoms with Crippen molar-refractivity contribution in [2.45, 2.75) is 28.5 Å². The number of phenolic OH excluding ortho intramolecular Hbond substituents is 1. The van der Waals surface area contributed by atoms with Crippen molar-refractivity contribution >= 4 is 107 Å². The standard InChI is InChI=1S/C28H21Br2Cl2IN2O6/c1-41-19-9-12(30)8-17(22(19)36)21-15-6-7-16-20(24(38)35(23(16)37)14-4-2-13(33)3-5-14)18(15)10-27(31)25(39)34(11-29)26(40)28(21,27)32/h2-6,8-9,16,18,20-21,36H,7,10-11H2,1H3/t16-,18+,20-,21+,27+,28-/m0/s1. The number of hydrogen-bond acceptors (Lipinski definition) is 6. The average Bonchev–Trinajstić information content (AvgIpc) is 3.28. The fraction of sp³-hybridized carbons (Fsp3) is 0.357. The molecule has 6 rings (SSSR count). The number of benzene rings is 2. The number of rotatable bonds is 4. The van der Waals surface area contributed by atoms with Gasteiger partial charge in [-0.3, -0.25) is 29.0 Å². The number of likely N-dealkylation sites (tertiary alicyclic amines) is 1. The van der Waals surface area contributed by atoms with Crippen LogP contribution in [0.3, 0.4) is 0 Å². The van der Waals surface area contributed by atoms with Crippen LogP contribution in [0.1, 0.15) is 24.3 Å². The van der Waals surface area contributed by atoms with Crippen molar-refractivity contribution in [1.82, 2.24) is 4.90 Å². The molecular formula is C28H21Br2Cl2IN2O6. The summed E-state index contributed by atoms with van der Waals surface area (Å²) in [6.45, 7) is 0. The number of imide groups is 2. The van der Waals surface area contributed by atoms with Crippen molar-refractivity contribution in [3.8, 4) is 11.5 Å². The summed E-state index contributed by atoms with van der Waals surface area (Å²) in [4.78, 5) is 53.5. The molecule has 2 saturated heterocycles. The first-order valence-electron chi connectivity index (χ1n) is 12.6. The summed E-state index contributed by atoms with van der Waals surface area (Å²) in [7, 11) is 1.39.